The predicted molar refractivity (Wildman–Crippen MR) is 52.9 cm³/mol. The number of rotatable bonds is 1. The van der Waals surface area contributed by atoms with Crippen LogP contribution in [0.3, 0.4) is 0 Å². The molecule has 0 radical (unpaired) electrons. The first-order valence-corrected chi connectivity index (χ1v) is 5.48. The third-order valence-corrected chi connectivity index (χ3v) is 3.36. The van der Waals surface area contributed by atoms with E-state index in [0.29, 0.717) is 11.7 Å². The van der Waals surface area contributed by atoms with Crippen LogP contribution in [-0.4, -0.2) is 5.11 Å². The van der Waals surface area contributed by atoms with E-state index in [1.54, 1.807) is 11.3 Å². The first-order valence-electron chi connectivity index (χ1n) is 4.60. The van der Waals surface area contributed by atoms with Gasteiger partial charge < -0.3 is 5.11 Å². The van der Waals surface area contributed by atoms with E-state index < -0.39 is 0 Å². The van der Waals surface area contributed by atoms with Crippen LogP contribution in [0.2, 0.25) is 0 Å². The van der Waals surface area contributed by atoms with Gasteiger partial charge in [0.1, 0.15) is 0 Å². The first-order chi connectivity index (χ1) is 6.20. The van der Waals surface area contributed by atoms with E-state index in [2.05, 4.69) is 18.1 Å². The number of aliphatic hydroxyl groups excluding tert-OH is 1. The summed E-state index contributed by atoms with van der Waals surface area (Å²) >= 11 is 1.61. The highest BCUT2D eigenvalue weighted by atomic mass is 32.1. The lowest BCUT2D eigenvalue weighted by Gasteiger charge is -2.06. The Morgan fingerprint density at radius 3 is 2.92 bits per heavy atom. The fourth-order valence-corrected chi connectivity index (χ4v) is 2.60. The van der Waals surface area contributed by atoms with Crippen LogP contribution >= 0.6 is 11.3 Å². The average molecular weight is 196 g/mol. The smallest absolute Gasteiger partial charge is 0.304 e. The molecule has 0 amide bonds. The summed E-state index contributed by atoms with van der Waals surface area (Å²) in [6, 6.07) is 0. The molecule has 13 heavy (non-hydrogen) atoms. The van der Waals surface area contributed by atoms with E-state index in [9.17, 15) is 5.11 Å². The fourth-order valence-electron chi connectivity index (χ4n) is 1.75. The zero-order valence-corrected chi connectivity index (χ0v) is 8.77. The second-order valence-corrected chi connectivity index (χ2v) is 4.57. The highest BCUT2D eigenvalue weighted by Gasteiger charge is 2.21. The van der Waals surface area contributed by atoms with Crippen molar-refractivity contribution in [2.45, 2.75) is 26.7 Å². The van der Waals surface area contributed by atoms with Crippen LogP contribution in [0.5, 0.6) is 0 Å². The summed E-state index contributed by atoms with van der Waals surface area (Å²) in [5.74, 6) is 1.10. The summed E-state index contributed by atoms with van der Waals surface area (Å²) in [5.41, 5.74) is 1.41. The molecule has 0 saturated carbocycles. The van der Waals surface area contributed by atoms with Gasteiger partial charge in [-0.25, -0.2) is 0 Å². The predicted octanol–water partition coefficient (Wildman–Crippen LogP) is 1.53. The maximum absolute atomic E-state index is 9.64. The molecule has 1 aliphatic rings. The summed E-state index contributed by atoms with van der Waals surface area (Å²) in [4.78, 5) is 0. The lowest BCUT2D eigenvalue weighted by molar-refractivity contribution is -0.541. The van der Waals surface area contributed by atoms with Crippen molar-refractivity contribution in [2.75, 3.05) is 0 Å². The van der Waals surface area contributed by atoms with Crippen molar-refractivity contribution in [3.05, 3.63) is 22.0 Å². The number of hydrogen-bond acceptors (Lipinski definition) is 2. The zero-order valence-electron chi connectivity index (χ0n) is 7.95. The van der Waals surface area contributed by atoms with Gasteiger partial charge in [-0.2, -0.15) is 4.24 Å². The van der Waals surface area contributed by atoms with Crippen LogP contribution in [0.4, 0.5) is 0 Å². The number of aliphatic hydroxyl groups is 1. The SMILES string of the molecule is CC(C)C1=[n+]2ccsc2=C(O)CC1. The Morgan fingerprint density at radius 1 is 1.46 bits per heavy atom. The van der Waals surface area contributed by atoms with Gasteiger partial charge in [0, 0.05) is 18.8 Å². The van der Waals surface area contributed by atoms with Crippen molar-refractivity contribution >= 4 is 17.1 Å². The van der Waals surface area contributed by atoms with Gasteiger partial charge in [-0.15, -0.1) is 0 Å². The quantitative estimate of drug-likeness (QED) is 0.677. The number of thiazole rings is 1. The summed E-state index contributed by atoms with van der Waals surface area (Å²) in [6.07, 6.45) is 3.83. The lowest BCUT2D eigenvalue weighted by Crippen LogP contribution is -2.41. The van der Waals surface area contributed by atoms with Crippen molar-refractivity contribution in [1.82, 2.24) is 0 Å². The monoisotopic (exact) mass is 196 g/mol. The fraction of sp³-hybridized carbons (Fsp3) is 0.500. The third kappa shape index (κ3) is 1.37. The molecule has 0 unspecified atom stereocenters. The molecule has 1 aromatic heterocycles. The molecule has 1 aromatic rings. The second kappa shape index (κ2) is 3.14. The van der Waals surface area contributed by atoms with Gasteiger partial charge in [-0.05, 0) is 0 Å². The Kier molecular flexibility index (Phi) is 2.12. The van der Waals surface area contributed by atoms with Crippen LogP contribution in [0, 0.1) is 11.6 Å². The Balaban J connectivity index is 2.79. The Hall–Kier alpha value is -0.830. The summed E-state index contributed by atoms with van der Waals surface area (Å²) < 4.78 is 3.14. The minimum atomic E-state index is 0.541. The van der Waals surface area contributed by atoms with E-state index in [0.717, 1.165) is 17.5 Å². The number of fused-ring (bicyclic) bond motifs is 1. The van der Waals surface area contributed by atoms with Crippen molar-refractivity contribution in [3.8, 4) is 0 Å². The van der Waals surface area contributed by atoms with Crippen molar-refractivity contribution < 1.29 is 9.35 Å². The molecule has 0 aromatic carbocycles. The maximum Gasteiger partial charge on any atom is 0.304 e. The van der Waals surface area contributed by atoms with E-state index >= 15 is 0 Å². The van der Waals surface area contributed by atoms with Crippen LogP contribution in [0.25, 0.3) is 5.76 Å². The standard InChI is InChI=1S/C10H13NOS/c1-7(2)8-3-4-9(12)10-11(8)5-6-13-10/h5-7H,3-4H2,1-2H3/p+1. The molecule has 0 spiro atoms. The Morgan fingerprint density at radius 2 is 2.23 bits per heavy atom. The number of aromatic nitrogens is 1. The van der Waals surface area contributed by atoms with Gasteiger partial charge in [-0.1, -0.05) is 25.2 Å². The van der Waals surface area contributed by atoms with Crippen LogP contribution in [0.15, 0.2) is 11.6 Å². The highest BCUT2D eigenvalue weighted by molar-refractivity contribution is 7.07. The molecule has 0 atom stereocenters. The summed E-state index contributed by atoms with van der Waals surface area (Å²) in [6.45, 7) is 4.40. The van der Waals surface area contributed by atoms with Crippen LogP contribution in [-0.2, 0) is 0 Å². The molecule has 0 bridgehead atoms. The van der Waals surface area contributed by atoms with Crippen molar-refractivity contribution in [1.29, 1.82) is 0 Å². The van der Waals surface area contributed by atoms with Crippen LogP contribution < -0.4 is 8.91 Å². The molecule has 0 aliphatic carbocycles. The molecule has 3 heteroatoms. The molecule has 2 nitrogen and oxygen atoms in total. The van der Waals surface area contributed by atoms with Crippen molar-refractivity contribution in [3.63, 3.8) is 0 Å². The minimum Gasteiger partial charge on any atom is -0.505 e. The van der Waals surface area contributed by atoms with Crippen molar-refractivity contribution in [2.24, 2.45) is 5.92 Å². The maximum atomic E-state index is 9.64. The number of hydrogen-bond donors (Lipinski definition) is 1. The van der Waals surface area contributed by atoms with Gasteiger partial charge in [0.2, 0.25) is 0 Å². The van der Waals surface area contributed by atoms with Crippen LogP contribution in [0.1, 0.15) is 26.7 Å². The normalized spacial score (nSPS) is 16.5. The van der Waals surface area contributed by atoms with E-state index in [1.807, 2.05) is 11.6 Å². The molecule has 1 aliphatic heterocycles. The topological polar surface area (TPSA) is 26.1 Å². The molecule has 0 saturated heterocycles. The Labute approximate surface area is 81.5 Å². The average Bonchev–Trinajstić information content (AvgIpc) is 2.53. The molecule has 2 heterocycles. The molecule has 2 rings (SSSR count). The summed E-state index contributed by atoms with van der Waals surface area (Å²) in [5, 5.41) is 11.7. The lowest BCUT2D eigenvalue weighted by atomic mass is 10.0. The Bertz CT molecular complexity index is 430. The molecule has 0 fully saturated rings. The van der Waals surface area contributed by atoms with E-state index in [4.69, 9.17) is 0 Å². The molecule has 1 N–H and O–H groups in total. The summed E-state index contributed by atoms with van der Waals surface area (Å²) in [7, 11) is 0. The van der Waals surface area contributed by atoms with Gasteiger partial charge in [0.15, 0.2) is 17.7 Å². The minimum absolute atomic E-state index is 0.541. The van der Waals surface area contributed by atoms with E-state index in [-0.39, 0.29) is 0 Å². The zero-order chi connectivity index (χ0) is 9.42. The van der Waals surface area contributed by atoms with E-state index in [1.165, 1.54) is 5.71 Å². The largest absolute Gasteiger partial charge is 0.505 e. The van der Waals surface area contributed by atoms with Gasteiger partial charge in [0.25, 0.3) is 0 Å². The molecular weight excluding hydrogens is 182 g/mol. The molecular formula is C10H14NOS+. The second-order valence-electron chi connectivity index (χ2n) is 3.67. The third-order valence-electron chi connectivity index (χ3n) is 2.45. The molecule has 70 valence electrons. The highest BCUT2D eigenvalue weighted by Crippen LogP contribution is 2.15. The van der Waals surface area contributed by atoms with Gasteiger partial charge in [0.05, 0.1) is 5.38 Å². The number of nitrogens with zero attached hydrogens (tertiary/aromatic N) is 1. The van der Waals surface area contributed by atoms with Gasteiger partial charge >= 0.3 is 4.66 Å². The first kappa shape index (κ1) is 8.75. The van der Waals surface area contributed by atoms with Gasteiger partial charge in [-0.3, -0.25) is 0 Å².